The molecule has 0 N–H and O–H groups in total. The first kappa shape index (κ1) is 52.2. The Bertz CT molecular complexity index is 841. The molecule has 9 aliphatic carbocycles. The molecule has 6 heteroatoms. The Morgan fingerprint density at radius 3 is 0.410 bits per heavy atom. The van der Waals surface area contributed by atoms with Gasteiger partial charge in [-0.05, 0) is 167 Å². The summed E-state index contributed by atoms with van der Waals surface area (Å²) in [4.78, 5) is 9.20. The van der Waals surface area contributed by atoms with E-state index in [4.69, 9.17) is 0 Å². The topological polar surface area (TPSA) is 17.1 Å². The van der Waals surface area contributed by atoms with Crippen molar-refractivity contribution in [3.63, 3.8) is 0 Å². The summed E-state index contributed by atoms with van der Waals surface area (Å²) in [7, 11) is 1.15. The van der Waals surface area contributed by atoms with Crippen molar-refractivity contribution in [3.8, 4) is 0 Å². The zero-order valence-electron chi connectivity index (χ0n) is 40.0. The summed E-state index contributed by atoms with van der Waals surface area (Å²) in [5.74, 6) is 0. The number of hydrogen-bond acceptors (Lipinski definition) is 1. The van der Waals surface area contributed by atoms with Gasteiger partial charge in [-0.2, -0.15) is 0 Å². The first-order valence-electron chi connectivity index (χ1n) is 28.3. The molecule has 0 aromatic heterocycles. The van der Waals surface area contributed by atoms with Crippen molar-refractivity contribution in [2.24, 2.45) is 0 Å². The van der Waals surface area contributed by atoms with Gasteiger partial charge in [-0.25, -0.2) is 0 Å². The van der Waals surface area contributed by atoms with Gasteiger partial charge in [0.05, 0.1) is 0 Å². The minimum absolute atomic E-state index is 0.385. The van der Waals surface area contributed by atoms with Crippen molar-refractivity contribution in [1.29, 1.82) is 0 Å². The van der Waals surface area contributed by atoms with E-state index in [9.17, 15) is 4.79 Å². The summed E-state index contributed by atoms with van der Waals surface area (Å²) < 4.78 is -0.391. The van der Waals surface area contributed by atoms with Crippen LogP contribution in [0.1, 0.15) is 289 Å². The number of carbonyl (C=O) groups is 1. The van der Waals surface area contributed by atoms with E-state index in [1.807, 2.05) is 0 Å². The Balaban J connectivity index is 0.000000146. The molecule has 0 saturated heterocycles. The molecule has 1 nitrogen and oxygen atoms in total. The van der Waals surface area contributed by atoms with Crippen LogP contribution in [0.4, 0.5) is 4.79 Å². The standard InChI is InChI=1S/3C18H33P.CClO.Ru.H/c3*1-4-10-16(11-5-1)19(17-12-6-2-7-13-17)18-14-8-3-9-15-18;2-1-3;;/h3*16-18H,1-15H2;;;. The van der Waals surface area contributed by atoms with Crippen molar-refractivity contribution in [2.75, 3.05) is 0 Å². The van der Waals surface area contributed by atoms with Crippen LogP contribution < -0.4 is 0 Å². The predicted molar refractivity (Wildman–Crippen MR) is 275 cm³/mol. The van der Waals surface area contributed by atoms with Crippen LogP contribution in [0, 0.1) is 0 Å². The van der Waals surface area contributed by atoms with Gasteiger partial charge in [0.2, 0.25) is 0 Å². The molecular formula is C55H100ClOP3Ru. The Labute approximate surface area is 399 Å². The van der Waals surface area contributed by atoms with E-state index in [1.165, 1.54) is 127 Å². The van der Waals surface area contributed by atoms with Crippen LogP contribution >= 0.6 is 35.4 Å². The second-order valence-electron chi connectivity index (χ2n) is 22.2. The molecule has 356 valence electrons. The molecule has 9 aliphatic rings. The number of hydrogen-bond donors (Lipinski definition) is 0. The van der Waals surface area contributed by atoms with Crippen LogP contribution in [0.3, 0.4) is 0 Å². The van der Waals surface area contributed by atoms with Gasteiger partial charge < -0.3 is 0 Å². The number of halogens is 1. The third-order valence-electron chi connectivity index (χ3n) is 18.0. The Hall–Kier alpha value is 1.87. The van der Waals surface area contributed by atoms with E-state index < -0.39 is 3.84 Å². The van der Waals surface area contributed by atoms with E-state index in [2.05, 4.69) is 11.6 Å². The third-order valence-corrected chi connectivity index (χ3v) is 30.2. The van der Waals surface area contributed by atoms with Crippen LogP contribution in [0.5, 0.6) is 0 Å². The van der Waals surface area contributed by atoms with Crippen LogP contribution in [-0.2, 0) is 18.3 Å². The third kappa shape index (κ3) is 18.4. The maximum absolute atomic E-state index is 9.20. The van der Waals surface area contributed by atoms with Crippen molar-refractivity contribution in [3.05, 3.63) is 0 Å². The van der Waals surface area contributed by atoms with Crippen molar-refractivity contribution in [1.82, 2.24) is 0 Å². The van der Waals surface area contributed by atoms with Gasteiger partial charge in [-0.3, -0.25) is 0 Å². The second kappa shape index (κ2) is 31.1. The molecule has 9 saturated carbocycles. The Morgan fingerprint density at radius 2 is 0.328 bits per heavy atom. The normalized spacial score (nSPS) is 27.4. The molecule has 0 aromatic carbocycles. The summed E-state index contributed by atoms with van der Waals surface area (Å²) in [6, 6.07) is 0. The van der Waals surface area contributed by atoms with Crippen LogP contribution in [-0.4, -0.2) is 54.8 Å². The average molecular weight is 1010 g/mol. The molecule has 0 unspecified atom stereocenters. The maximum atomic E-state index is 9.20. The average Bonchev–Trinajstić information content (AvgIpc) is 3.33. The molecule has 9 fully saturated rings. The summed E-state index contributed by atoms with van der Waals surface area (Å²) in [5.41, 5.74) is 10.7. The van der Waals surface area contributed by atoms with E-state index in [1.54, 1.807) is 231 Å². The predicted octanol–water partition coefficient (Wildman–Crippen LogP) is 20.0. The van der Waals surface area contributed by atoms with Crippen molar-refractivity contribution >= 4 is 39.2 Å². The molecule has 0 spiro atoms. The molecule has 0 radical (unpaired) electrons. The van der Waals surface area contributed by atoms with Gasteiger partial charge in [0.15, 0.2) is 0 Å². The summed E-state index contributed by atoms with van der Waals surface area (Å²) in [6.45, 7) is 0. The van der Waals surface area contributed by atoms with E-state index >= 15 is 0 Å². The second-order valence-corrected chi connectivity index (χ2v) is 33.2. The van der Waals surface area contributed by atoms with E-state index in [-0.39, 0.29) is 0 Å². The quantitative estimate of drug-likeness (QED) is 0.128. The summed E-state index contributed by atoms with van der Waals surface area (Å²) in [5, 5.41) is 0. The summed E-state index contributed by atoms with van der Waals surface area (Å²) in [6.07, 6.45) is 70.9. The molecule has 0 bridgehead atoms. The molecule has 9 rings (SSSR count). The number of carbonyl (C=O) groups excluding carboxylic acids is 1. The van der Waals surface area contributed by atoms with E-state index in [0.717, 1.165) is 0 Å². The van der Waals surface area contributed by atoms with Gasteiger partial charge in [-0.1, -0.05) is 197 Å². The first-order chi connectivity index (χ1) is 30.1. The van der Waals surface area contributed by atoms with Gasteiger partial charge in [-0.15, -0.1) is 0 Å². The molecule has 0 heterocycles. The van der Waals surface area contributed by atoms with Crippen molar-refractivity contribution in [2.45, 2.75) is 340 Å². The van der Waals surface area contributed by atoms with Gasteiger partial charge in [0.1, 0.15) is 0 Å². The monoisotopic (exact) mass is 1010 g/mol. The SMILES string of the molecule is C1CCC(P(C2CCCCC2)C2CCCCC2)CC1.C1CCC(P(C2CCCCC2)C2CCCCC2)CC1.C1CCC(P(C2CCCCC2)C2CCCCC2)CC1.O=[C](Cl)[RuH]. The van der Waals surface area contributed by atoms with Crippen molar-refractivity contribution < 1.29 is 23.1 Å². The Morgan fingerprint density at radius 1 is 0.246 bits per heavy atom. The van der Waals surface area contributed by atoms with Gasteiger partial charge >= 0.3 is 38.5 Å². The molecular weight excluding hydrogens is 906 g/mol. The van der Waals surface area contributed by atoms with Crippen LogP contribution in [0.2, 0.25) is 0 Å². The van der Waals surface area contributed by atoms with Crippen LogP contribution in [0.15, 0.2) is 0 Å². The zero-order valence-corrected chi connectivity index (χ0v) is 45.3. The fraction of sp³-hybridized carbons (Fsp3) is 0.982. The minimum atomic E-state index is -0.391. The van der Waals surface area contributed by atoms with Gasteiger partial charge in [0.25, 0.3) is 0 Å². The Kier molecular flexibility index (Phi) is 26.6. The first-order valence-corrected chi connectivity index (χ1v) is 34.2. The molecule has 0 amide bonds. The molecule has 0 atom stereocenters. The fourth-order valence-electron chi connectivity index (χ4n) is 15.1. The molecule has 61 heavy (non-hydrogen) atoms. The molecule has 0 aliphatic heterocycles. The number of rotatable bonds is 9. The summed E-state index contributed by atoms with van der Waals surface area (Å²) >= 11 is 6.09. The zero-order chi connectivity index (χ0) is 42.3. The van der Waals surface area contributed by atoms with Gasteiger partial charge in [0, 0.05) is 0 Å². The fourth-order valence-corrected chi connectivity index (χ4v) is 29.1. The van der Waals surface area contributed by atoms with E-state index in [0.29, 0.717) is 23.8 Å². The molecule has 0 aromatic rings. The van der Waals surface area contributed by atoms with Crippen LogP contribution in [0.25, 0.3) is 0 Å².